The number of hydrogen-bond donors (Lipinski definition) is 0. The van der Waals surface area contributed by atoms with E-state index < -0.39 is 0 Å². The summed E-state index contributed by atoms with van der Waals surface area (Å²) >= 11 is 7.80. The Hall–Kier alpha value is -1.26. The predicted molar refractivity (Wildman–Crippen MR) is 93.9 cm³/mol. The van der Waals surface area contributed by atoms with E-state index in [0.29, 0.717) is 5.02 Å². The number of allylic oxidation sites excluding steroid dienone is 2. The van der Waals surface area contributed by atoms with E-state index in [2.05, 4.69) is 12.2 Å². The highest BCUT2D eigenvalue weighted by molar-refractivity contribution is 8.14. The third-order valence-electron chi connectivity index (χ3n) is 4.12. The fourth-order valence-corrected chi connectivity index (χ4v) is 3.88. The van der Waals surface area contributed by atoms with Gasteiger partial charge in [-0.3, -0.25) is 9.69 Å². The van der Waals surface area contributed by atoms with Gasteiger partial charge in [0.05, 0.1) is 5.69 Å². The topological polar surface area (TPSA) is 32.7 Å². The summed E-state index contributed by atoms with van der Waals surface area (Å²) in [6.45, 7) is 2.71. The molecular weight excluding hydrogens is 316 g/mol. The van der Waals surface area contributed by atoms with E-state index in [1.807, 2.05) is 30.0 Å². The van der Waals surface area contributed by atoms with Crippen LogP contribution in [0.25, 0.3) is 0 Å². The van der Waals surface area contributed by atoms with Gasteiger partial charge in [0.2, 0.25) is 5.91 Å². The molecule has 3 nitrogen and oxygen atoms in total. The number of halogens is 1. The maximum atomic E-state index is 12.7. The molecule has 5 heteroatoms. The smallest absolute Gasteiger partial charge is 0.232 e. The number of carbonyl (C=O) groups is 1. The largest absolute Gasteiger partial charge is 0.290 e. The fraction of sp³-hybridized carbons (Fsp3) is 0.412. The number of nitrogens with zero attached hydrogens (tertiary/aromatic N) is 2. The van der Waals surface area contributed by atoms with E-state index in [9.17, 15) is 4.79 Å². The molecule has 1 aromatic carbocycles. The van der Waals surface area contributed by atoms with Gasteiger partial charge < -0.3 is 0 Å². The van der Waals surface area contributed by atoms with Crippen LogP contribution in [0.4, 0.5) is 5.69 Å². The van der Waals surface area contributed by atoms with Crippen LogP contribution in [0.5, 0.6) is 0 Å². The summed E-state index contributed by atoms with van der Waals surface area (Å²) in [5.74, 6) is 1.23. The third kappa shape index (κ3) is 3.23. The molecule has 0 N–H and O–H groups in total. The van der Waals surface area contributed by atoms with Crippen molar-refractivity contribution in [2.24, 2.45) is 10.9 Å². The molecule has 116 valence electrons. The lowest BCUT2D eigenvalue weighted by molar-refractivity contribution is -0.131. The van der Waals surface area contributed by atoms with E-state index in [1.54, 1.807) is 11.8 Å². The molecule has 2 aliphatic rings. The van der Waals surface area contributed by atoms with Crippen molar-refractivity contribution < 1.29 is 4.79 Å². The predicted octanol–water partition coefficient (Wildman–Crippen LogP) is 4.57. The van der Waals surface area contributed by atoms with Crippen molar-refractivity contribution in [3.8, 4) is 0 Å². The summed E-state index contributed by atoms with van der Waals surface area (Å²) < 4.78 is 0. The Kier molecular flexibility index (Phi) is 4.89. The quantitative estimate of drug-likeness (QED) is 0.742. The second-order valence-corrected chi connectivity index (χ2v) is 7.07. The van der Waals surface area contributed by atoms with Crippen molar-refractivity contribution in [3.63, 3.8) is 0 Å². The number of benzene rings is 1. The molecule has 3 rings (SSSR count). The maximum absolute atomic E-state index is 12.7. The van der Waals surface area contributed by atoms with Gasteiger partial charge in [0.25, 0.3) is 0 Å². The molecule has 0 saturated carbocycles. The molecular formula is C17H19ClN2OS. The van der Waals surface area contributed by atoms with Crippen LogP contribution in [-0.4, -0.2) is 28.3 Å². The van der Waals surface area contributed by atoms with E-state index >= 15 is 0 Å². The molecule has 1 saturated heterocycles. The molecule has 22 heavy (non-hydrogen) atoms. The van der Waals surface area contributed by atoms with E-state index in [4.69, 9.17) is 16.6 Å². The van der Waals surface area contributed by atoms with Crippen LogP contribution in [0.2, 0.25) is 5.02 Å². The van der Waals surface area contributed by atoms with Crippen LogP contribution in [0.3, 0.4) is 0 Å². The summed E-state index contributed by atoms with van der Waals surface area (Å²) in [6, 6.07) is 5.70. The number of amidine groups is 1. The standard InChI is InChI=1S/C17H19ClN2OS/c1-12-14(18)8-5-9-15(12)19-17-20(10-11-22-17)16(21)13-6-3-2-4-7-13/h2-3,5,8-9,13H,4,6-7,10-11H2,1H3. The summed E-state index contributed by atoms with van der Waals surface area (Å²) in [4.78, 5) is 19.3. The SMILES string of the molecule is Cc1c(Cl)cccc1N=C1SCCN1C(=O)C1CC=CCC1. The molecule has 1 aliphatic heterocycles. The minimum atomic E-state index is 0.106. The summed E-state index contributed by atoms with van der Waals surface area (Å²) in [6.07, 6.45) is 7.07. The van der Waals surface area contributed by atoms with Crippen LogP contribution in [0.1, 0.15) is 24.8 Å². The highest BCUT2D eigenvalue weighted by Crippen LogP contribution is 2.30. The first-order valence-corrected chi connectivity index (χ1v) is 8.96. The van der Waals surface area contributed by atoms with E-state index in [-0.39, 0.29) is 11.8 Å². The van der Waals surface area contributed by atoms with Gasteiger partial charge in [-0.05, 0) is 43.9 Å². The second-order valence-electron chi connectivity index (χ2n) is 5.60. The normalized spacial score (nSPS) is 23.3. The minimum Gasteiger partial charge on any atom is -0.290 e. The second kappa shape index (κ2) is 6.88. The Balaban J connectivity index is 1.83. The highest BCUT2D eigenvalue weighted by Gasteiger charge is 2.31. The highest BCUT2D eigenvalue weighted by atomic mass is 35.5. The van der Waals surface area contributed by atoms with Gasteiger partial charge in [0, 0.05) is 23.2 Å². The molecule has 1 heterocycles. The zero-order chi connectivity index (χ0) is 15.5. The first-order chi connectivity index (χ1) is 10.7. The molecule has 0 bridgehead atoms. The molecule has 0 spiro atoms. The lowest BCUT2D eigenvalue weighted by Crippen LogP contribution is -2.37. The maximum Gasteiger partial charge on any atom is 0.232 e. The fourth-order valence-electron chi connectivity index (χ4n) is 2.76. The molecule has 1 unspecified atom stereocenters. The van der Waals surface area contributed by atoms with E-state index in [0.717, 1.165) is 48.0 Å². The lowest BCUT2D eigenvalue weighted by Gasteiger charge is -2.23. The van der Waals surface area contributed by atoms with Crippen molar-refractivity contribution >= 4 is 40.1 Å². The van der Waals surface area contributed by atoms with Crippen molar-refractivity contribution in [1.82, 2.24) is 4.90 Å². The molecule has 1 fully saturated rings. The lowest BCUT2D eigenvalue weighted by atomic mass is 9.93. The Bertz CT molecular complexity index is 642. The zero-order valence-electron chi connectivity index (χ0n) is 12.6. The number of amides is 1. The summed E-state index contributed by atoms with van der Waals surface area (Å²) in [7, 11) is 0. The number of aliphatic imine (C=N–C) groups is 1. The first-order valence-electron chi connectivity index (χ1n) is 7.60. The number of rotatable bonds is 2. The van der Waals surface area contributed by atoms with Gasteiger partial charge in [-0.1, -0.05) is 41.6 Å². The monoisotopic (exact) mass is 334 g/mol. The average molecular weight is 335 g/mol. The Morgan fingerprint density at radius 2 is 2.27 bits per heavy atom. The molecule has 1 aromatic rings. The molecule has 1 atom stereocenters. The van der Waals surface area contributed by atoms with Crippen molar-refractivity contribution in [2.75, 3.05) is 12.3 Å². The van der Waals surface area contributed by atoms with Gasteiger partial charge in [0.15, 0.2) is 5.17 Å². The van der Waals surface area contributed by atoms with Gasteiger partial charge in [-0.25, -0.2) is 4.99 Å². The van der Waals surface area contributed by atoms with Gasteiger partial charge in [-0.15, -0.1) is 0 Å². The van der Waals surface area contributed by atoms with Crippen LogP contribution in [-0.2, 0) is 4.79 Å². The van der Waals surface area contributed by atoms with Crippen molar-refractivity contribution in [1.29, 1.82) is 0 Å². The molecule has 1 aliphatic carbocycles. The van der Waals surface area contributed by atoms with E-state index in [1.165, 1.54) is 0 Å². The zero-order valence-corrected chi connectivity index (χ0v) is 14.2. The summed E-state index contributed by atoms with van der Waals surface area (Å²) in [5.41, 5.74) is 1.80. The van der Waals surface area contributed by atoms with Gasteiger partial charge in [-0.2, -0.15) is 0 Å². The van der Waals surface area contributed by atoms with Crippen LogP contribution < -0.4 is 0 Å². The summed E-state index contributed by atoms with van der Waals surface area (Å²) in [5, 5.41) is 1.52. The molecule has 0 aromatic heterocycles. The average Bonchev–Trinajstić information content (AvgIpc) is 3.00. The van der Waals surface area contributed by atoms with Crippen LogP contribution >= 0.6 is 23.4 Å². The Morgan fingerprint density at radius 3 is 3.05 bits per heavy atom. The number of thioether (sulfide) groups is 1. The third-order valence-corrected chi connectivity index (χ3v) is 5.48. The van der Waals surface area contributed by atoms with Crippen LogP contribution in [0.15, 0.2) is 35.3 Å². The Labute approximate surface area is 140 Å². The van der Waals surface area contributed by atoms with Gasteiger partial charge in [0.1, 0.15) is 0 Å². The molecule has 0 radical (unpaired) electrons. The van der Waals surface area contributed by atoms with Crippen molar-refractivity contribution in [3.05, 3.63) is 40.9 Å². The van der Waals surface area contributed by atoms with Crippen molar-refractivity contribution in [2.45, 2.75) is 26.2 Å². The number of hydrogen-bond acceptors (Lipinski definition) is 3. The number of carbonyl (C=O) groups excluding carboxylic acids is 1. The molecule has 1 amide bonds. The first kappa shape index (κ1) is 15.6. The van der Waals surface area contributed by atoms with Gasteiger partial charge >= 0.3 is 0 Å². The Morgan fingerprint density at radius 1 is 1.41 bits per heavy atom. The minimum absolute atomic E-state index is 0.106. The van der Waals surface area contributed by atoms with Crippen LogP contribution in [0, 0.1) is 12.8 Å².